The number of hydrogen-bond donors (Lipinski definition) is 1. The van der Waals surface area contributed by atoms with Gasteiger partial charge in [0.25, 0.3) is 0 Å². The third-order valence-corrected chi connectivity index (χ3v) is 6.44. The molecule has 1 N–H and O–H groups in total. The predicted molar refractivity (Wildman–Crippen MR) is 124 cm³/mol. The lowest BCUT2D eigenvalue weighted by atomic mass is 9.82. The van der Waals surface area contributed by atoms with Crippen molar-refractivity contribution in [3.63, 3.8) is 0 Å². The Balaban J connectivity index is 2.53. The van der Waals surface area contributed by atoms with Crippen LogP contribution in [0.3, 0.4) is 0 Å². The summed E-state index contributed by atoms with van der Waals surface area (Å²) < 4.78 is 10.7. The molecule has 1 heterocycles. The molecule has 2 rings (SSSR count). The van der Waals surface area contributed by atoms with Gasteiger partial charge in [-0.05, 0) is 58.4 Å². The van der Waals surface area contributed by atoms with E-state index in [0.29, 0.717) is 16.5 Å². The van der Waals surface area contributed by atoms with Crippen LogP contribution in [0.5, 0.6) is 0 Å². The molecule has 0 spiro atoms. The number of thiophene rings is 1. The molecule has 6 nitrogen and oxygen atoms in total. The maximum Gasteiger partial charge on any atom is 0.348 e. The Morgan fingerprint density at radius 3 is 2.26 bits per heavy atom. The fourth-order valence-corrected chi connectivity index (χ4v) is 4.65. The Kier molecular flexibility index (Phi) is 9.11. The van der Waals surface area contributed by atoms with Crippen LogP contribution < -0.4 is 4.90 Å². The summed E-state index contributed by atoms with van der Waals surface area (Å²) in [5, 5.41) is 9.89. The number of carbonyl (C=O) groups excluding carboxylic acids is 1. The average Bonchev–Trinajstić information content (AvgIpc) is 3.11. The van der Waals surface area contributed by atoms with Crippen molar-refractivity contribution >= 4 is 28.9 Å². The van der Waals surface area contributed by atoms with E-state index in [4.69, 9.17) is 9.47 Å². The van der Waals surface area contributed by atoms with Crippen LogP contribution in [0.25, 0.3) is 0 Å². The summed E-state index contributed by atoms with van der Waals surface area (Å²) >= 11 is 1.11. The molecule has 0 bridgehead atoms. The van der Waals surface area contributed by atoms with Gasteiger partial charge < -0.3 is 19.5 Å². The zero-order valence-electron chi connectivity index (χ0n) is 19.5. The molecule has 7 heteroatoms. The zero-order chi connectivity index (χ0) is 23.2. The minimum absolute atomic E-state index is 0.0540. The van der Waals surface area contributed by atoms with Gasteiger partial charge >= 0.3 is 5.97 Å². The van der Waals surface area contributed by atoms with Crippen molar-refractivity contribution in [1.29, 1.82) is 0 Å². The number of amides is 1. The topological polar surface area (TPSA) is 76.1 Å². The van der Waals surface area contributed by atoms with E-state index in [2.05, 4.69) is 18.8 Å². The number of rotatable bonds is 8. The summed E-state index contributed by atoms with van der Waals surface area (Å²) in [6.07, 6.45) is 3.63. The second-order valence-electron chi connectivity index (χ2n) is 9.36. The number of nitrogens with zero attached hydrogens (tertiary/aromatic N) is 1. The number of carboxylic acid groups (broad SMARTS) is 1. The summed E-state index contributed by atoms with van der Waals surface area (Å²) in [4.78, 5) is 28.1. The molecule has 0 unspecified atom stereocenters. The van der Waals surface area contributed by atoms with Gasteiger partial charge in [0.05, 0.1) is 29.8 Å². The molecular formula is C24H35NO5S. The van der Waals surface area contributed by atoms with Gasteiger partial charge in [0.1, 0.15) is 4.88 Å². The van der Waals surface area contributed by atoms with Crippen LogP contribution in [0.15, 0.2) is 6.07 Å². The monoisotopic (exact) mass is 449 g/mol. The Morgan fingerprint density at radius 2 is 1.77 bits per heavy atom. The van der Waals surface area contributed by atoms with E-state index in [1.807, 2.05) is 20.8 Å². The molecule has 1 amide bonds. The molecule has 0 aliphatic heterocycles. The maximum absolute atomic E-state index is 13.7. The quantitative estimate of drug-likeness (QED) is 0.584. The Hall–Kier alpha value is -1.88. The normalized spacial score (nSPS) is 19.1. The van der Waals surface area contributed by atoms with Gasteiger partial charge in [0.2, 0.25) is 5.91 Å². The van der Waals surface area contributed by atoms with Crippen molar-refractivity contribution in [2.75, 3.05) is 32.3 Å². The number of carbonyl (C=O) groups is 2. The first-order valence-corrected chi connectivity index (χ1v) is 11.6. The largest absolute Gasteiger partial charge is 0.477 e. The second-order valence-corrected chi connectivity index (χ2v) is 10.4. The lowest BCUT2D eigenvalue weighted by Crippen LogP contribution is -2.49. The van der Waals surface area contributed by atoms with Crippen molar-refractivity contribution < 1.29 is 24.2 Å². The Bertz CT molecular complexity index is 815. The third kappa shape index (κ3) is 7.06. The van der Waals surface area contributed by atoms with Crippen LogP contribution in [-0.4, -0.2) is 50.5 Å². The summed E-state index contributed by atoms with van der Waals surface area (Å²) in [6, 6.07) is 1.31. The smallest absolute Gasteiger partial charge is 0.348 e. The van der Waals surface area contributed by atoms with Crippen LogP contribution in [0.1, 0.15) is 67.9 Å². The van der Waals surface area contributed by atoms with Crippen molar-refractivity contribution in [3.05, 3.63) is 15.8 Å². The van der Waals surface area contributed by atoms with Crippen molar-refractivity contribution in [2.24, 2.45) is 17.3 Å². The molecule has 31 heavy (non-hydrogen) atoms. The highest BCUT2D eigenvalue weighted by Crippen LogP contribution is 2.36. The zero-order valence-corrected chi connectivity index (χ0v) is 20.3. The van der Waals surface area contributed by atoms with Gasteiger partial charge in [-0.25, -0.2) is 4.79 Å². The molecule has 1 aliphatic rings. The molecule has 1 aromatic rings. The van der Waals surface area contributed by atoms with Crippen LogP contribution in [0.2, 0.25) is 0 Å². The van der Waals surface area contributed by atoms with E-state index in [1.54, 1.807) is 25.2 Å². The van der Waals surface area contributed by atoms with Crippen molar-refractivity contribution in [2.45, 2.75) is 59.4 Å². The van der Waals surface area contributed by atoms with Gasteiger partial charge in [-0.3, -0.25) is 4.79 Å². The van der Waals surface area contributed by atoms with Crippen LogP contribution >= 0.6 is 11.3 Å². The highest BCUT2D eigenvalue weighted by molar-refractivity contribution is 7.15. The van der Waals surface area contributed by atoms with E-state index >= 15 is 0 Å². The first-order chi connectivity index (χ1) is 14.6. The number of methoxy groups -OCH3 is 2. The van der Waals surface area contributed by atoms with Gasteiger partial charge in [0, 0.05) is 25.6 Å². The standard InChI is InChI=1S/C24H35NO5S/c1-16-7-9-17(10-8-16)22(26)25(18(14-29-5)15-30-6)20-13-19(11-12-24(2,3)4)31-21(20)23(27)28/h13,16-18H,7-10,14-15H2,1-6H3,(H,27,28). The molecule has 1 aromatic heterocycles. The molecule has 0 saturated heterocycles. The SMILES string of the molecule is COCC(COC)N(C(=O)C1CCC(C)CC1)c1cc(C#CC(C)(C)C)sc1C(=O)O. The number of carboxylic acids is 1. The molecule has 1 aliphatic carbocycles. The number of hydrogen-bond acceptors (Lipinski definition) is 5. The van der Waals surface area contributed by atoms with E-state index in [0.717, 1.165) is 37.0 Å². The molecule has 1 saturated carbocycles. The third-order valence-electron chi connectivity index (χ3n) is 5.41. The highest BCUT2D eigenvalue weighted by Gasteiger charge is 2.36. The number of aromatic carboxylic acids is 1. The van der Waals surface area contributed by atoms with Gasteiger partial charge in [0.15, 0.2) is 0 Å². The fourth-order valence-electron chi connectivity index (χ4n) is 3.81. The lowest BCUT2D eigenvalue weighted by molar-refractivity contribution is -0.124. The van der Waals surface area contributed by atoms with E-state index in [1.165, 1.54) is 0 Å². The first-order valence-electron chi connectivity index (χ1n) is 10.8. The minimum Gasteiger partial charge on any atom is -0.477 e. The van der Waals surface area contributed by atoms with Crippen molar-refractivity contribution in [3.8, 4) is 11.8 Å². The molecule has 172 valence electrons. The van der Waals surface area contributed by atoms with E-state index in [-0.39, 0.29) is 35.3 Å². The average molecular weight is 450 g/mol. The highest BCUT2D eigenvalue weighted by atomic mass is 32.1. The second kappa shape index (κ2) is 11.1. The molecule has 0 radical (unpaired) electrons. The predicted octanol–water partition coefficient (Wildman–Crippen LogP) is 4.66. The van der Waals surface area contributed by atoms with Crippen LogP contribution in [0.4, 0.5) is 5.69 Å². The van der Waals surface area contributed by atoms with Gasteiger partial charge in [-0.15, -0.1) is 11.3 Å². The summed E-state index contributed by atoms with van der Waals surface area (Å²) in [6.45, 7) is 8.71. The Labute approximate surface area is 189 Å². The fraction of sp³-hybridized carbons (Fsp3) is 0.667. The number of ether oxygens (including phenoxy) is 2. The van der Waals surface area contributed by atoms with E-state index in [9.17, 15) is 14.7 Å². The first kappa shape index (κ1) is 25.4. The summed E-state index contributed by atoms with van der Waals surface area (Å²) in [5.74, 6) is 5.60. The van der Waals surface area contributed by atoms with Crippen LogP contribution in [-0.2, 0) is 14.3 Å². The summed E-state index contributed by atoms with van der Waals surface area (Å²) in [5.41, 5.74) is 0.176. The molecular weight excluding hydrogens is 414 g/mol. The van der Waals surface area contributed by atoms with E-state index < -0.39 is 12.0 Å². The summed E-state index contributed by atoms with van der Waals surface area (Å²) in [7, 11) is 3.14. The number of anilines is 1. The maximum atomic E-state index is 13.7. The van der Waals surface area contributed by atoms with Gasteiger partial charge in [-0.2, -0.15) is 0 Å². The Morgan fingerprint density at radius 1 is 1.19 bits per heavy atom. The molecule has 0 aromatic carbocycles. The molecule has 1 fully saturated rings. The van der Waals surface area contributed by atoms with Gasteiger partial charge in [-0.1, -0.05) is 18.8 Å². The van der Waals surface area contributed by atoms with Crippen molar-refractivity contribution in [1.82, 2.24) is 0 Å². The van der Waals surface area contributed by atoms with Crippen LogP contribution in [0, 0.1) is 29.1 Å². The molecule has 0 atom stereocenters. The lowest BCUT2D eigenvalue weighted by Gasteiger charge is -2.35. The minimum atomic E-state index is -1.06.